The predicted octanol–water partition coefficient (Wildman–Crippen LogP) is 2.70. The fraction of sp³-hybridized carbons (Fsp3) is 0. The van der Waals surface area contributed by atoms with Crippen LogP contribution in [0.4, 0.5) is 0 Å². The van der Waals surface area contributed by atoms with Gasteiger partial charge in [0.1, 0.15) is 0 Å². The number of carbonyl (C=O) groups is 2. The Bertz CT molecular complexity index is 528. The normalized spacial score (nSPS) is 8.45. The number of carbonyl (C=O) groups excluding carboxylic acids is 1. The summed E-state index contributed by atoms with van der Waals surface area (Å²) in [7, 11) is 0. The molecule has 107 valence electrons. The molecule has 0 unspecified atom stereocenters. The first kappa shape index (κ1) is 17.8. The van der Waals surface area contributed by atoms with Gasteiger partial charge in [-0.05, 0) is 24.3 Å². The third kappa shape index (κ3) is 6.14. The zero-order valence-corrected chi connectivity index (χ0v) is 11.3. The van der Waals surface area contributed by atoms with Gasteiger partial charge in [-0.25, -0.2) is 9.59 Å². The van der Waals surface area contributed by atoms with Gasteiger partial charge in [-0.15, -0.1) is 0 Å². The average molecular weight is 319 g/mol. The smallest absolute Gasteiger partial charge is 0.372 e. The number of benzene rings is 2. The van der Waals surface area contributed by atoms with Crippen LogP contribution in [0.15, 0.2) is 60.7 Å². The van der Waals surface area contributed by atoms with Crippen LogP contribution in [0.3, 0.4) is 0 Å². The molecule has 0 amide bonds. The van der Waals surface area contributed by atoms with Crippen molar-refractivity contribution < 1.29 is 41.6 Å². The first-order valence-electron chi connectivity index (χ1n) is 5.34. The van der Waals surface area contributed by atoms with Crippen molar-refractivity contribution in [3.63, 3.8) is 0 Å². The number of hydrogen-bond acceptors (Lipinski definition) is 4. The number of carboxylic acid groups (broad SMARTS) is 1. The van der Waals surface area contributed by atoms with E-state index in [1.807, 2.05) is 0 Å². The molecule has 2 aromatic carbocycles. The summed E-state index contributed by atoms with van der Waals surface area (Å²) in [5.74, 6) is -1.61. The van der Waals surface area contributed by atoms with Crippen LogP contribution in [-0.2, 0) is 21.7 Å². The van der Waals surface area contributed by atoms with Gasteiger partial charge in [0.05, 0.1) is 11.1 Å². The van der Waals surface area contributed by atoms with Gasteiger partial charge in [0, 0.05) is 16.8 Å². The van der Waals surface area contributed by atoms with E-state index < -0.39 is 11.9 Å². The molecule has 0 saturated carbocycles. The summed E-state index contributed by atoms with van der Waals surface area (Å²) in [6.45, 7) is 0. The third-order valence-electron chi connectivity index (χ3n) is 2.11. The Kier molecular flexibility index (Phi) is 8.69. The Morgan fingerprint density at radius 2 is 1.20 bits per heavy atom. The van der Waals surface area contributed by atoms with E-state index in [0.717, 1.165) is 0 Å². The van der Waals surface area contributed by atoms with E-state index in [2.05, 4.69) is 4.89 Å². The maximum Gasteiger partial charge on any atom is 0.372 e. The second kappa shape index (κ2) is 9.73. The van der Waals surface area contributed by atoms with Crippen LogP contribution in [-0.4, -0.2) is 22.3 Å². The van der Waals surface area contributed by atoms with Gasteiger partial charge in [0.25, 0.3) is 0 Å². The molecule has 0 spiro atoms. The van der Waals surface area contributed by atoms with Gasteiger partial charge in [0.15, 0.2) is 0 Å². The van der Waals surface area contributed by atoms with Crippen molar-refractivity contribution in [3.05, 3.63) is 71.8 Å². The minimum absolute atomic E-state index is 0. The topological polar surface area (TPSA) is 83.8 Å². The van der Waals surface area contributed by atoms with Crippen molar-refractivity contribution >= 4 is 11.9 Å². The van der Waals surface area contributed by atoms with E-state index in [1.54, 1.807) is 60.7 Å². The van der Waals surface area contributed by atoms with Crippen molar-refractivity contribution in [2.75, 3.05) is 0 Å². The maximum atomic E-state index is 10.5. The minimum atomic E-state index is -0.879. The second-order valence-electron chi connectivity index (χ2n) is 3.42. The first-order valence-corrected chi connectivity index (χ1v) is 5.34. The van der Waals surface area contributed by atoms with Crippen LogP contribution >= 0.6 is 0 Å². The Labute approximate surface area is 125 Å². The molecule has 20 heavy (non-hydrogen) atoms. The van der Waals surface area contributed by atoms with Gasteiger partial charge < -0.3 is 5.11 Å². The fourth-order valence-electron chi connectivity index (χ4n) is 1.21. The van der Waals surface area contributed by atoms with Gasteiger partial charge in [-0.2, -0.15) is 5.26 Å². The van der Waals surface area contributed by atoms with E-state index in [0.29, 0.717) is 11.1 Å². The van der Waals surface area contributed by atoms with Crippen molar-refractivity contribution in [3.8, 4) is 0 Å². The molecular formula is C14H12CoO5. The van der Waals surface area contributed by atoms with Crippen LogP contribution in [0.2, 0.25) is 0 Å². The van der Waals surface area contributed by atoms with E-state index in [-0.39, 0.29) is 16.8 Å². The van der Waals surface area contributed by atoms with E-state index in [9.17, 15) is 9.59 Å². The van der Waals surface area contributed by atoms with Crippen LogP contribution < -0.4 is 0 Å². The molecule has 2 N–H and O–H groups in total. The van der Waals surface area contributed by atoms with Gasteiger partial charge >= 0.3 is 11.9 Å². The molecule has 0 heterocycles. The van der Waals surface area contributed by atoms with E-state index >= 15 is 0 Å². The standard InChI is InChI=1S/C7H6O3.C7H6O2.Co/c8-7(10-9)6-4-2-1-3-5-6;8-7(9)6-4-2-1-3-5-6;/h1-5,9H;1-5H,(H,8,9);. The summed E-state index contributed by atoms with van der Waals surface area (Å²) >= 11 is 0. The molecule has 2 aromatic rings. The van der Waals surface area contributed by atoms with Gasteiger partial charge in [-0.1, -0.05) is 36.4 Å². The molecule has 6 heteroatoms. The monoisotopic (exact) mass is 319 g/mol. The van der Waals surface area contributed by atoms with Crippen molar-refractivity contribution in [2.45, 2.75) is 0 Å². The van der Waals surface area contributed by atoms with Crippen molar-refractivity contribution in [1.82, 2.24) is 0 Å². The van der Waals surface area contributed by atoms with E-state index in [4.69, 9.17) is 10.4 Å². The summed E-state index contributed by atoms with van der Waals surface area (Å²) in [4.78, 5) is 24.2. The molecular weight excluding hydrogens is 307 g/mol. The van der Waals surface area contributed by atoms with Crippen LogP contribution in [0.1, 0.15) is 20.7 Å². The zero-order chi connectivity index (χ0) is 14.1. The summed E-state index contributed by atoms with van der Waals surface area (Å²) in [5.41, 5.74) is 0.669. The maximum absolute atomic E-state index is 10.5. The molecule has 0 atom stereocenters. The molecule has 0 saturated heterocycles. The van der Waals surface area contributed by atoms with Crippen molar-refractivity contribution in [2.24, 2.45) is 0 Å². The summed E-state index contributed by atoms with van der Waals surface area (Å²) < 4.78 is 0. The largest absolute Gasteiger partial charge is 0.478 e. The molecule has 1 radical (unpaired) electrons. The number of hydrogen-bond donors (Lipinski definition) is 2. The molecule has 0 aliphatic heterocycles. The van der Waals surface area contributed by atoms with Crippen LogP contribution in [0, 0.1) is 0 Å². The van der Waals surface area contributed by atoms with Gasteiger partial charge in [-0.3, -0.25) is 4.89 Å². The quantitative estimate of drug-likeness (QED) is 0.657. The molecule has 0 aromatic heterocycles. The second-order valence-corrected chi connectivity index (χ2v) is 3.42. The van der Waals surface area contributed by atoms with Gasteiger partial charge in [0.2, 0.25) is 0 Å². The first-order chi connectivity index (χ1) is 9.15. The summed E-state index contributed by atoms with van der Waals surface area (Å²) in [6.07, 6.45) is 0. The molecule has 5 nitrogen and oxygen atoms in total. The van der Waals surface area contributed by atoms with Crippen LogP contribution in [0.25, 0.3) is 0 Å². The van der Waals surface area contributed by atoms with Crippen LogP contribution in [0.5, 0.6) is 0 Å². The van der Waals surface area contributed by atoms with E-state index in [1.165, 1.54) is 0 Å². The molecule has 2 rings (SSSR count). The number of carboxylic acids is 1. The number of rotatable bonds is 2. The zero-order valence-electron chi connectivity index (χ0n) is 10.2. The SMILES string of the molecule is O=C(O)c1ccccc1.O=C(OO)c1ccccc1.[Co]. The number of aromatic carboxylic acids is 1. The molecule has 0 aliphatic rings. The van der Waals surface area contributed by atoms with Crippen molar-refractivity contribution in [1.29, 1.82) is 0 Å². The molecule has 0 bridgehead atoms. The predicted molar refractivity (Wildman–Crippen MR) is 67.9 cm³/mol. The molecule has 0 fully saturated rings. The Morgan fingerprint density at radius 3 is 1.50 bits per heavy atom. The third-order valence-corrected chi connectivity index (χ3v) is 2.11. The fourth-order valence-corrected chi connectivity index (χ4v) is 1.21. The summed E-state index contributed by atoms with van der Waals surface area (Å²) in [5, 5.41) is 16.3. The Hall–Kier alpha value is -2.15. The Morgan fingerprint density at radius 1 is 0.800 bits per heavy atom. The molecule has 0 aliphatic carbocycles. The Balaban J connectivity index is 0.000000345. The summed E-state index contributed by atoms with van der Waals surface area (Å²) in [6, 6.07) is 16.5. The average Bonchev–Trinajstić information content (AvgIpc) is 2.49. The minimum Gasteiger partial charge on any atom is -0.478 e.